The largest absolute Gasteiger partial charge is 0.349 e. The van der Waals surface area contributed by atoms with E-state index in [0.717, 1.165) is 17.5 Å². The van der Waals surface area contributed by atoms with E-state index >= 15 is 0 Å². The predicted octanol–water partition coefficient (Wildman–Crippen LogP) is 4.79. The molecule has 4 nitrogen and oxygen atoms in total. The van der Waals surface area contributed by atoms with Crippen molar-refractivity contribution in [1.82, 2.24) is 10.6 Å². The summed E-state index contributed by atoms with van der Waals surface area (Å²) in [5.74, 6) is -0.689. The zero-order valence-electron chi connectivity index (χ0n) is 17.3. The van der Waals surface area contributed by atoms with Crippen LogP contribution in [0.5, 0.6) is 0 Å². The summed E-state index contributed by atoms with van der Waals surface area (Å²) in [5.41, 5.74) is 2.05. The van der Waals surface area contributed by atoms with Gasteiger partial charge in [0.15, 0.2) is 0 Å². The summed E-state index contributed by atoms with van der Waals surface area (Å²) in [6.07, 6.45) is 1.36. The van der Waals surface area contributed by atoms with Gasteiger partial charge in [-0.2, -0.15) is 0 Å². The summed E-state index contributed by atoms with van der Waals surface area (Å²) in [4.78, 5) is 25.9. The molecule has 1 unspecified atom stereocenters. The third-order valence-corrected chi connectivity index (χ3v) is 4.98. The highest BCUT2D eigenvalue weighted by Crippen LogP contribution is 2.19. The predicted molar refractivity (Wildman–Crippen MR) is 114 cm³/mol. The van der Waals surface area contributed by atoms with Crippen molar-refractivity contribution in [3.8, 4) is 0 Å². The van der Waals surface area contributed by atoms with Crippen molar-refractivity contribution < 1.29 is 9.59 Å². The van der Waals surface area contributed by atoms with Crippen LogP contribution in [0.3, 0.4) is 0 Å². The van der Waals surface area contributed by atoms with Gasteiger partial charge in [-0.1, -0.05) is 74.5 Å². The van der Waals surface area contributed by atoms with Gasteiger partial charge in [0.2, 0.25) is 11.8 Å². The molecule has 0 heterocycles. The molecule has 0 aliphatic carbocycles. The van der Waals surface area contributed by atoms with Gasteiger partial charge in [-0.3, -0.25) is 9.59 Å². The van der Waals surface area contributed by atoms with E-state index in [9.17, 15) is 9.59 Å². The zero-order valence-corrected chi connectivity index (χ0v) is 17.3. The second-order valence-electron chi connectivity index (χ2n) is 7.81. The Bertz CT molecular complexity index is 684. The van der Waals surface area contributed by atoms with Crippen molar-refractivity contribution in [2.45, 2.75) is 52.6 Å². The lowest BCUT2D eigenvalue weighted by Gasteiger charge is -2.23. The van der Waals surface area contributed by atoms with Gasteiger partial charge >= 0.3 is 0 Å². The van der Waals surface area contributed by atoms with Crippen LogP contribution in [0.15, 0.2) is 60.7 Å². The van der Waals surface area contributed by atoms with E-state index in [0.29, 0.717) is 12.3 Å². The van der Waals surface area contributed by atoms with Gasteiger partial charge in [0, 0.05) is 0 Å². The molecule has 0 fully saturated rings. The van der Waals surface area contributed by atoms with E-state index < -0.39 is 5.92 Å². The van der Waals surface area contributed by atoms with E-state index in [1.807, 2.05) is 74.5 Å². The van der Waals surface area contributed by atoms with Gasteiger partial charge in [-0.25, -0.2) is 0 Å². The fourth-order valence-electron chi connectivity index (χ4n) is 3.16. The molecule has 0 bridgehead atoms. The lowest BCUT2D eigenvalue weighted by atomic mass is 9.95. The highest BCUT2D eigenvalue weighted by atomic mass is 16.2. The van der Waals surface area contributed by atoms with Gasteiger partial charge in [0.1, 0.15) is 5.92 Å². The fraction of sp³-hybridized carbons (Fsp3) is 0.417. The number of carbonyl (C=O) groups excluding carboxylic acids is 2. The molecule has 4 heteroatoms. The highest BCUT2D eigenvalue weighted by molar-refractivity contribution is 6.00. The van der Waals surface area contributed by atoms with Crippen LogP contribution in [-0.4, -0.2) is 11.8 Å². The lowest BCUT2D eigenvalue weighted by molar-refractivity contribution is -0.136. The molecule has 28 heavy (non-hydrogen) atoms. The first-order valence-corrected chi connectivity index (χ1v) is 10.1. The van der Waals surface area contributed by atoms with Crippen molar-refractivity contribution in [2.24, 2.45) is 11.8 Å². The van der Waals surface area contributed by atoms with Crippen molar-refractivity contribution in [3.05, 3.63) is 71.8 Å². The Balaban J connectivity index is 2.06. The zero-order chi connectivity index (χ0) is 20.5. The molecule has 0 saturated heterocycles. The minimum atomic E-state index is -0.695. The van der Waals surface area contributed by atoms with E-state index in [4.69, 9.17) is 0 Å². The first-order valence-electron chi connectivity index (χ1n) is 10.1. The van der Waals surface area contributed by atoms with Crippen LogP contribution < -0.4 is 10.6 Å². The molecular formula is C24H32N2O2. The minimum absolute atomic E-state index is 0.144. The Hall–Kier alpha value is -2.62. The standard InChI is InChI=1S/C24H32N2O2/c1-17(2)15-16-22(23(27)25-18(3)20-11-7-5-8-12-20)24(28)26-19(4)21-13-9-6-10-14-21/h5-14,17-19,22H,15-16H2,1-4H3,(H,25,27)(H,26,28)/t18-,19+,22?. The van der Waals surface area contributed by atoms with Gasteiger partial charge in [0.25, 0.3) is 0 Å². The quantitative estimate of drug-likeness (QED) is 0.614. The van der Waals surface area contributed by atoms with Crippen LogP contribution in [0.4, 0.5) is 0 Å². The Labute approximate surface area is 168 Å². The number of amides is 2. The van der Waals surface area contributed by atoms with Gasteiger partial charge in [-0.15, -0.1) is 0 Å². The molecule has 2 aromatic carbocycles. The molecule has 0 spiro atoms. The van der Waals surface area contributed by atoms with E-state index in [1.165, 1.54) is 0 Å². The minimum Gasteiger partial charge on any atom is -0.349 e. The van der Waals surface area contributed by atoms with Gasteiger partial charge in [-0.05, 0) is 43.7 Å². The Kier molecular flexibility index (Phi) is 8.24. The topological polar surface area (TPSA) is 58.2 Å². The maximum atomic E-state index is 12.9. The molecule has 2 N–H and O–H groups in total. The van der Waals surface area contributed by atoms with E-state index in [-0.39, 0.29) is 23.9 Å². The SMILES string of the molecule is CC(C)CCC(C(=O)N[C@@H](C)c1ccccc1)C(=O)N[C@H](C)c1ccccc1. The number of benzene rings is 2. The number of carbonyl (C=O) groups is 2. The second kappa shape index (κ2) is 10.6. The summed E-state index contributed by atoms with van der Waals surface area (Å²) < 4.78 is 0. The number of hydrogen-bond acceptors (Lipinski definition) is 2. The normalized spacial score (nSPS) is 14.2. The third kappa shape index (κ3) is 6.52. The Morgan fingerprint density at radius 3 is 1.43 bits per heavy atom. The third-order valence-electron chi connectivity index (χ3n) is 4.98. The van der Waals surface area contributed by atoms with Gasteiger partial charge < -0.3 is 10.6 Å². The maximum absolute atomic E-state index is 12.9. The average molecular weight is 381 g/mol. The summed E-state index contributed by atoms with van der Waals surface area (Å²) in [7, 11) is 0. The molecular weight excluding hydrogens is 348 g/mol. The maximum Gasteiger partial charge on any atom is 0.233 e. The van der Waals surface area contributed by atoms with Crippen LogP contribution in [0.1, 0.15) is 63.7 Å². The summed E-state index contributed by atoms with van der Waals surface area (Å²) in [5, 5.41) is 6.03. The van der Waals surface area contributed by atoms with Crippen molar-refractivity contribution >= 4 is 11.8 Å². The van der Waals surface area contributed by atoms with Crippen LogP contribution in [0.25, 0.3) is 0 Å². The summed E-state index contributed by atoms with van der Waals surface area (Å²) >= 11 is 0. The Morgan fingerprint density at radius 2 is 1.07 bits per heavy atom. The van der Waals surface area contributed by atoms with Crippen LogP contribution in [0, 0.1) is 11.8 Å². The molecule has 150 valence electrons. The second-order valence-corrected chi connectivity index (χ2v) is 7.81. The molecule has 0 saturated carbocycles. The number of rotatable bonds is 9. The van der Waals surface area contributed by atoms with Crippen LogP contribution in [-0.2, 0) is 9.59 Å². The monoisotopic (exact) mass is 380 g/mol. The molecule has 3 atom stereocenters. The molecule has 0 aliphatic heterocycles. The first kappa shape index (κ1) is 21.7. The number of hydrogen-bond donors (Lipinski definition) is 2. The Morgan fingerprint density at radius 1 is 0.679 bits per heavy atom. The summed E-state index contributed by atoms with van der Waals surface area (Å²) in [6.45, 7) is 8.09. The molecule has 0 aliphatic rings. The molecule has 0 aromatic heterocycles. The lowest BCUT2D eigenvalue weighted by Crippen LogP contribution is -2.43. The first-order chi connectivity index (χ1) is 13.4. The van der Waals surface area contributed by atoms with Crippen molar-refractivity contribution in [2.75, 3.05) is 0 Å². The van der Waals surface area contributed by atoms with Crippen LogP contribution in [0.2, 0.25) is 0 Å². The number of nitrogens with one attached hydrogen (secondary N) is 2. The van der Waals surface area contributed by atoms with E-state index in [2.05, 4.69) is 24.5 Å². The molecule has 2 aromatic rings. The molecule has 0 radical (unpaired) electrons. The fourth-order valence-corrected chi connectivity index (χ4v) is 3.16. The van der Waals surface area contributed by atoms with E-state index in [1.54, 1.807) is 0 Å². The highest BCUT2D eigenvalue weighted by Gasteiger charge is 2.28. The molecule has 2 amide bonds. The average Bonchev–Trinajstić information content (AvgIpc) is 2.69. The molecule has 2 rings (SSSR count). The van der Waals surface area contributed by atoms with Crippen molar-refractivity contribution in [1.29, 1.82) is 0 Å². The van der Waals surface area contributed by atoms with Crippen molar-refractivity contribution in [3.63, 3.8) is 0 Å². The smallest absolute Gasteiger partial charge is 0.233 e. The summed E-state index contributed by atoms with van der Waals surface area (Å²) in [6, 6.07) is 19.3. The van der Waals surface area contributed by atoms with Crippen LogP contribution >= 0.6 is 0 Å². The van der Waals surface area contributed by atoms with Gasteiger partial charge in [0.05, 0.1) is 12.1 Å².